The number of rotatable bonds is 6. The summed E-state index contributed by atoms with van der Waals surface area (Å²) in [7, 11) is 0. The second-order valence-electron chi connectivity index (χ2n) is 4.55. The minimum absolute atomic E-state index is 0.0534. The third-order valence-corrected chi connectivity index (χ3v) is 3.19. The van der Waals surface area contributed by atoms with E-state index in [4.69, 9.17) is 11.6 Å². The first-order valence-electron chi connectivity index (χ1n) is 6.65. The van der Waals surface area contributed by atoms with Crippen LogP contribution < -0.4 is 5.32 Å². The summed E-state index contributed by atoms with van der Waals surface area (Å²) in [4.78, 5) is 15.9. The summed E-state index contributed by atoms with van der Waals surface area (Å²) in [6.45, 7) is 0.626. The van der Waals surface area contributed by atoms with Crippen molar-refractivity contribution in [1.82, 2.24) is 10.3 Å². The highest BCUT2D eigenvalue weighted by atomic mass is 35.5. The fourth-order valence-electron chi connectivity index (χ4n) is 1.91. The fourth-order valence-corrected chi connectivity index (χ4v) is 2.13. The normalized spacial score (nSPS) is 10.2. The molecule has 0 aliphatic rings. The van der Waals surface area contributed by atoms with Gasteiger partial charge in [-0.2, -0.15) is 0 Å². The van der Waals surface area contributed by atoms with E-state index >= 15 is 0 Å². The molecule has 104 valence electrons. The van der Waals surface area contributed by atoms with Crippen LogP contribution in [-0.4, -0.2) is 17.4 Å². The Morgan fingerprint density at radius 2 is 2.05 bits per heavy atom. The van der Waals surface area contributed by atoms with Crippen LogP contribution in [0.4, 0.5) is 0 Å². The van der Waals surface area contributed by atoms with Gasteiger partial charge in [0.1, 0.15) is 0 Å². The summed E-state index contributed by atoms with van der Waals surface area (Å²) in [5.41, 5.74) is 2.07. The largest absolute Gasteiger partial charge is 0.356 e. The molecule has 0 bridgehead atoms. The number of nitrogens with zero attached hydrogens (tertiary/aromatic N) is 1. The van der Waals surface area contributed by atoms with Crippen molar-refractivity contribution >= 4 is 17.5 Å². The summed E-state index contributed by atoms with van der Waals surface area (Å²) < 4.78 is 0. The molecule has 2 rings (SSSR count). The standard InChI is InChI=1S/C16H17ClN2O/c17-14-5-3-4-13(12-14)9-11-19-16(20)8-7-15-6-1-2-10-18-15/h1-6,10,12H,7-9,11H2,(H,19,20). The fraction of sp³-hybridized carbons (Fsp3) is 0.250. The predicted molar refractivity (Wildman–Crippen MR) is 80.7 cm³/mol. The molecule has 2 aromatic rings. The van der Waals surface area contributed by atoms with Crippen molar-refractivity contribution in [3.8, 4) is 0 Å². The highest BCUT2D eigenvalue weighted by Gasteiger charge is 2.02. The number of carbonyl (C=O) groups excluding carboxylic acids is 1. The molecule has 0 saturated heterocycles. The molecule has 0 aliphatic carbocycles. The maximum absolute atomic E-state index is 11.7. The molecule has 0 unspecified atom stereocenters. The van der Waals surface area contributed by atoms with Crippen LogP contribution in [0.1, 0.15) is 17.7 Å². The van der Waals surface area contributed by atoms with E-state index in [-0.39, 0.29) is 5.91 Å². The van der Waals surface area contributed by atoms with Gasteiger partial charge in [-0.25, -0.2) is 0 Å². The van der Waals surface area contributed by atoms with Crippen molar-refractivity contribution in [3.63, 3.8) is 0 Å². The maximum atomic E-state index is 11.7. The summed E-state index contributed by atoms with van der Waals surface area (Å²) in [5, 5.41) is 3.64. The monoisotopic (exact) mass is 288 g/mol. The first kappa shape index (κ1) is 14.5. The maximum Gasteiger partial charge on any atom is 0.220 e. The summed E-state index contributed by atoms with van der Waals surface area (Å²) in [5.74, 6) is 0.0534. The Balaban J connectivity index is 1.68. The number of pyridine rings is 1. The highest BCUT2D eigenvalue weighted by molar-refractivity contribution is 6.30. The molecule has 0 spiro atoms. The molecule has 0 saturated carbocycles. The van der Waals surface area contributed by atoms with Gasteiger partial charge in [-0.15, -0.1) is 0 Å². The molecule has 1 aromatic carbocycles. The molecule has 0 aliphatic heterocycles. The average Bonchev–Trinajstić information content (AvgIpc) is 2.46. The molecule has 3 nitrogen and oxygen atoms in total. The van der Waals surface area contributed by atoms with Crippen molar-refractivity contribution in [3.05, 3.63) is 64.9 Å². The number of amides is 1. The molecular formula is C16H17ClN2O. The molecule has 1 amide bonds. The topological polar surface area (TPSA) is 42.0 Å². The zero-order chi connectivity index (χ0) is 14.2. The Hall–Kier alpha value is -1.87. The summed E-state index contributed by atoms with van der Waals surface area (Å²) in [6, 6.07) is 13.4. The Morgan fingerprint density at radius 1 is 1.15 bits per heavy atom. The molecule has 1 aromatic heterocycles. The zero-order valence-electron chi connectivity index (χ0n) is 11.2. The van der Waals surface area contributed by atoms with E-state index < -0.39 is 0 Å². The van der Waals surface area contributed by atoms with Crippen molar-refractivity contribution in [2.24, 2.45) is 0 Å². The number of aryl methyl sites for hydroxylation is 1. The van der Waals surface area contributed by atoms with Crippen LogP contribution in [0.3, 0.4) is 0 Å². The lowest BCUT2D eigenvalue weighted by molar-refractivity contribution is -0.121. The Kier molecular flexibility index (Phi) is 5.56. The molecule has 0 atom stereocenters. The van der Waals surface area contributed by atoms with Gasteiger partial charge in [0.25, 0.3) is 0 Å². The van der Waals surface area contributed by atoms with Gasteiger partial charge >= 0.3 is 0 Å². The van der Waals surface area contributed by atoms with E-state index in [0.717, 1.165) is 22.7 Å². The zero-order valence-corrected chi connectivity index (χ0v) is 11.9. The van der Waals surface area contributed by atoms with Gasteiger partial charge in [-0.3, -0.25) is 9.78 Å². The molecular weight excluding hydrogens is 272 g/mol. The Morgan fingerprint density at radius 3 is 2.80 bits per heavy atom. The number of nitrogens with one attached hydrogen (secondary N) is 1. The van der Waals surface area contributed by atoms with E-state index in [1.807, 2.05) is 42.5 Å². The first-order chi connectivity index (χ1) is 9.74. The molecule has 4 heteroatoms. The summed E-state index contributed by atoms with van der Waals surface area (Å²) in [6.07, 6.45) is 3.67. The number of benzene rings is 1. The van der Waals surface area contributed by atoms with Crippen LogP contribution in [0, 0.1) is 0 Å². The van der Waals surface area contributed by atoms with Gasteiger partial charge in [0, 0.05) is 29.9 Å². The van der Waals surface area contributed by atoms with Gasteiger partial charge < -0.3 is 5.32 Å². The first-order valence-corrected chi connectivity index (χ1v) is 7.03. The van der Waals surface area contributed by atoms with E-state index in [9.17, 15) is 4.79 Å². The highest BCUT2D eigenvalue weighted by Crippen LogP contribution is 2.10. The number of hydrogen-bond donors (Lipinski definition) is 1. The van der Waals surface area contributed by atoms with Crippen LogP contribution in [0.2, 0.25) is 5.02 Å². The minimum atomic E-state index is 0.0534. The lowest BCUT2D eigenvalue weighted by Gasteiger charge is -2.05. The minimum Gasteiger partial charge on any atom is -0.356 e. The van der Waals surface area contributed by atoms with Crippen LogP contribution in [-0.2, 0) is 17.6 Å². The van der Waals surface area contributed by atoms with Crippen molar-refractivity contribution in [1.29, 1.82) is 0 Å². The SMILES string of the molecule is O=C(CCc1ccccn1)NCCc1cccc(Cl)c1. The second kappa shape index (κ2) is 7.65. The van der Waals surface area contributed by atoms with E-state index in [1.54, 1.807) is 6.20 Å². The number of aromatic nitrogens is 1. The third-order valence-electron chi connectivity index (χ3n) is 2.96. The number of halogens is 1. The molecule has 0 radical (unpaired) electrons. The Bertz CT molecular complexity index is 557. The van der Waals surface area contributed by atoms with Crippen LogP contribution >= 0.6 is 11.6 Å². The van der Waals surface area contributed by atoms with E-state index in [1.165, 1.54) is 0 Å². The lowest BCUT2D eigenvalue weighted by Crippen LogP contribution is -2.25. The quantitative estimate of drug-likeness (QED) is 0.888. The van der Waals surface area contributed by atoms with Crippen LogP contribution in [0.25, 0.3) is 0 Å². The summed E-state index contributed by atoms with van der Waals surface area (Å²) >= 11 is 5.91. The van der Waals surface area contributed by atoms with E-state index in [0.29, 0.717) is 19.4 Å². The van der Waals surface area contributed by atoms with Gasteiger partial charge in [0.05, 0.1) is 0 Å². The second-order valence-corrected chi connectivity index (χ2v) is 4.99. The lowest BCUT2D eigenvalue weighted by atomic mass is 10.1. The van der Waals surface area contributed by atoms with Crippen LogP contribution in [0.15, 0.2) is 48.7 Å². The van der Waals surface area contributed by atoms with Crippen LogP contribution in [0.5, 0.6) is 0 Å². The van der Waals surface area contributed by atoms with Crippen molar-refractivity contribution in [2.75, 3.05) is 6.54 Å². The average molecular weight is 289 g/mol. The smallest absolute Gasteiger partial charge is 0.220 e. The molecule has 1 heterocycles. The predicted octanol–water partition coefficient (Wildman–Crippen LogP) is 3.03. The number of hydrogen-bond acceptors (Lipinski definition) is 2. The van der Waals surface area contributed by atoms with Gasteiger partial charge in [-0.05, 0) is 42.7 Å². The third kappa shape index (κ3) is 5.02. The van der Waals surface area contributed by atoms with E-state index in [2.05, 4.69) is 10.3 Å². The van der Waals surface area contributed by atoms with Gasteiger partial charge in [0.2, 0.25) is 5.91 Å². The van der Waals surface area contributed by atoms with Gasteiger partial charge in [-0.1, -0.05) is 29.8 Å². The van der Waals surface area contributed by atoms with Crippen molar-refractivity contribution in [2.45, 2.75) is 19.3 Å². The van der Waals surface area contributed by atoms with Crippen molar-refractivity contribution < 1.29 is 4.79 Å². The molecule has 20 heavy (non-hydrogen) atoms. The number of carbonyl (C=O) groups is 1. The molecule has 1 N–H and O–H groups in total. The Labute approximate surface area is 124 Å². The molecule has 0 fully saturated rings. The van der Waals surface area contributed by atoms with Gasteiger partial charge in [0.15, 0.2) is 0 Å².